The van der Waals surface area contributed by atoms with Gasteiger partial charge in [-0.05, 0) is 63.1 Å². The van der Waals surface area contributed by atoms with Crippen molar-refractivity contribution >= 4 is 0 Å². The molecule has 0 amide bonds. The van der Waals surface area contributed by atoms with Crippen LogP contribution in [0.15, 0.2) is 0 Å². The maximum absolute atomic E-state index is 3.50. The second-order valence-electron chi connectivity index (χ2n) is 7.53. The van der Waals surface area contributed by atoms with Gasteiger partial charge in [-0.15, -0.1) is 0 Å². The number of nitrogens with zero attached hydrogens (tertiary/aromatic N) is 1. The standard InChI is InChI=1S/C16H32N2/c1-16(2,3)14-9-11-18(12-14)10-8-13-6-5-7-15(13)17-4/h13-15,17H,5-12H2,1-4H3. The normalized spacial score (nSPS) is 34.3. The minimum Gasteiger partial charge on any atom is -0.317 e. The Labute approximate surface area is 114 Å². The van der Waals surface area contributed by atoms with Crippen LogP contribution in [0.3, 0.4) is 0 Å². The van der Waals surface area contributed by atoms with Crippen LogP contribution in [0.5, 0.6) is 0 Å². The highest BCUT2D eigenvalue weighted by molar-refractivity contribution is 4.86. The summed E-state index contributed by atoms with van der Waals surface area (Å²) < 4.78 is 0. The van der Waals surface area contributed by atoms with E-state index in [1.54, 1.807) is 0 Å². The predicted octanol–water partition coefficient (Wildman–Crippen LogP) is 3.13. The van der Waals surface area contributed by atoms with Crippen molar-refractivity contribution in [2.75, 3.05) is 26.7 Å². The molecule has 18 heavy (non-hydrogen) atoms. The topological polar surface area (TPSA) is 15.3 Å². The molecule has 0 aromatic carbocycles. The van der Waals surface area contributed by atoms with E-state index in [0.717, 1.165) is 17.9 Å². The minimum absolute atomic E-state index is 0.496. The van der Waals surface area contributed by atoms with E-state index in [9.17, 15) is 0 Å². The van der Waals surface area contributed by atoms with Crippen molar-refractivity contribution in [2.24, 2.45) is 17.3 Å². The molecular formula is C16H32N2. The molecule has 2 fully saturated rings. The zero-order chi connectivity index (χ0) is 13.2. The van der Waals surface area contributed by atoms with Gasteiger partial charge in [0.1, 0.15) is 0 Å². The SMILES string of the molecule is CNC1CCCC1CCN1CCC(C(C)(C)C)C1. The highest BCUT2D eigenvalue weighted by atomic mass is 15.1. The first-order valence-corrected chi connectivity index (χ1v) is 7.90. The molecule has 1 heterocycles. The summed E-state index contributed by atoms with van der Waals surface area (Å²) in [7, 11) is 2.13. The molecule has 2 aliphatic rings. The van der Waals surface area contributed by atoms with E-state index in [1.807, 2.05) is 0 Å². The average Bonchev–Trinajstić information content (AvgIpc) is 2.94. The van der Waals surface area contributed by atoms with Crippen LogP contribution in [0.25, 0.3) is 0 Å². The zero-order valence-corrected chi connectivity index (χ0v) is 12.8. The summed E-state index contributed by atoms with van der Waals surface area (Å²) in [6.07, 6.45) is 7.08. The summed E-state index contributed by atoms with van der Waals surface area (Å²) in [5, 5.41) is 3.50. The molecule has 1 saturated carbocycles. The van der Waals surface area contributed by atoms with Gasteiger partial charge >= 0.3 is 0 Å². The van der Waals surface area contributed by atoms with Crippen LogP contribution in [-0.2, 0) is 0 Å². The summed E-state index contributed by atoms with van der Waals surface area (Å²) >= 11 is 0. The Morgan fingerprint density at radius 2 is 1.94 bits per heavy atom. The van der Waals surface area contributed by atoms with Crippen LogP contribution in [0.1, 0.15) is 52.9 Å². The van der Waals surface area contributed by atoms with Gasteiger partial charge in [0.2, 0.25) is 0 Å². The van der Waals surface area contributed by atoms with Crippen molar-refractivity contribution < 1.29 is 0 Å². The summed E-state index contributed by atoms with van der Waals surface area (Å²) in [5.74, 6) is 1.84. The molecule has 1 saturated heterocycles. The van der Waals surface area contributed by atoms with Crippen LogP contribution in [0, 0.1) is 17.3 Å². The van der Waals surface area contributed by atoms with E-state index in [-0.39, 0.29) is 0 Å². The number of hydrogen-bond acceptors (Lipinski definition) is 2. The molecule has 0 spiro atoms. The minimum atomic E-state index is 0.496. The molecule has 0 bridgehead atoms. The van der Waals surface area contributed by atoms with Gasteiger partial charge in [-0.25, -0.2) is 0 Å². The predicted molar refractivity (Wildman–Crippen MR) is 78.8 cm³/mol. The molecule has 0 radical (unpaired) electrons. The first kappa shape index (κ1) is 14.3. The lowest BCUT2D eigenvalue weighted by Crippen LogP contribution is -2.32. The third kappa shape index (κ3) is 3.48. The molecule has 2 rings (SSSR count). The Hall–Kier alpha value is -0.0800. The van der Waals surface area contributed by atoms with E-state index < -0.39 is 0 Å². The van der Waals surface area contributed by atoms with Gasteiger partial charge in [0.05, 0.1) is 0 Å². The van der Waals surface area contributed by atoms with Gasteiger partial charge in [0, 0.05) is 12.6 Å². The fourth-order valence-corrected chi connectivity index (χ4v) is 3.85. The molecule has 1 aliphatic carbocycles. The maximum atomic E-state index is 3.50. The Bertz CT molecular complexity index is 256. The van der Waals surface area contributed by atoms with Crippen molar-refractivity contribution in [2.45, 2.75) is 58.9 Å². The molecular weight excluding hydrogens is 220 g/mol. The molecule has 0 aromatic heterocycles. The van der Waals surface area contributed by atoms with E-state index in [4.69, 9.17) is 0 Å². The largest absolute Gasteiger partial charge is 0.317 e. The lowest BCUT2D eigenvalue weighted by atomic mass is 9.80. The summed E-state index contributed by atoms with van der Waals surface area (Å²) in [6, 6.07) is 0.797. The molecule has 2 nitrogen and oxygen atoms in total. The second-order valence-corrected chi connectivity index (χ2v) is 7.53. The van der Waals surface area contributed by atoms with E-state index in [0.29, 0.717) is 5.41 Å². The highest BCUT2D eigenvalue weighted by Gasteiger charge is 2.32. The van der Waals surface area contributed by atoms with Gasteiger partial charge in [-0.2, -0.15) is 0 Å². The summed E-state index contributed by atoms with van der Waals surface area (Å²) in [6.45, 7) is 11.2. The van der Waals surface area contributed by atoms with Crippen molar-refractivity contribution in [3.05, 3.63) is 0 Å². The lowest BCUT2D eigenvalue weighted by molar-refractivity contribution is 0.220. The number of nitrogens with one attached hydrogen (secondary N) is 1. The number of likely N-dealkylation sites (tertiary alicyclic amines) is 1. The van der Waals surface area contributed by atoms with Crippen LogP contribution in [0.2, 0.25) is 0 Å². The van der Waals surface area contributed by atoms with Gasteiger partial charge < -0.3 is 10.2 Å². The van der Waals surface area contributed by atoms with Gasteiger partial charge in [0.25, 0.3) is 0 Å². The first-order chi connectivity index (χ1) is 8.50. The van der Waals surface area contributed by atoms with E-state index in [2.05, 4.69) is 38.0 Å². The van der Waals surface area contributed by atoms with Crippen molar-refractivity contribution in [1.29, 1.82) is 0 Å². The number of rotatable bonds is 4. The highest BCUT2D eigenvalue weighted by Crippen LogP contribution is 2.34. The lowest BCUT2D eigenvalue weighted by Gasteiger charge is -2.27. The second kappa shape index (κ2) is 5.92. The Balaban J connectivity index is 1.72. The third-order valence-electron chi connectivity index (χ3n) is 5.34. The summed E-state index contributed by atoms with van der Waals surface area (Å²) in [4.78, 5) is 2.71. The molecule has 1 aliphatic heterocycles. The van der Waals surface area contributed by atoms with E-state index >= 15 is 0 Å². The monoisotopic (exact) mass is 252 g/mol. The fourth-order valence-electron chi connectivity index (χ4n) is 3.85. The van der Waals surface area contributed by atoms with Crippen LogP contribution in [-0.4, -0.2) is 37.6 Å². The van der Waals surface area contributed by atoms with Gasteiger partial charge in [-0.3, -0.25) is 0 Å². The zero-order valence-electron chi connectivity index (χ0n) is 12.8. The van der Waals surface area contributed by atoms with Crippen LogP contribution in [0.4, 0.5) is 0 Å². The molecule has 0 aromatic rings. The van der Waals surface area contributed by atoms with Crippen molar-refractivity contribution in [3.63, 3.8) is 0 Å². The van der Waals surface area contributed by atoms with Crippen LogP contribution >= 0.6 is 0 Å². The third-order valence-corrected chi connectivity index (χ3v) is 5.34. The molecule has 1 N–H and O–H groups in total. The summed E-state index contributed by atoms with van der Waals surface area (Å²) in [5.41, 5.74) is 0.496. The van der Waals surface area contributed by atoms with Gasteiger partial charge in [0.15, 0.2) is 0 Å². The maximum Gasteiger partial charge on any atom is 0.00928 e. The quantitative estimate of drug-likeness (QED) is 0.827. The smallest absolute Gasteiger partial charge is 0.00928 e. The fraction of sp³-hybridized carbons (Fsp3) is 1.00. The Morgan fingerprint density at radius 1 is 1.17 bits per heavy atom. The van der Waals surface area contributed by atoms with Gasteiger partial charge in [-0.1, -0.05) is 27.2 Å². The molecule has 3 unspecified atom stereocenters. The van der Waals surface area contributed by atoms with Crippen molar-refractivity contribution in [1.82, 2.24) is 10.2 Å². The van der Waals surface area contributed by atoms with Crippen molar-refractivity contribution in [3.8, 4) is 0 Å². The Morgan fingerprint density at radius 3 is 2.56 bits per heavy atom. The molecule has 3 atom stereocenters. The van der Waals surface area contributed by atoms with Crippen LogP contribution < -0.4 is 5.32 Å². The number of hydrogen-bond donors (Lipinski definition) is 1. The Kier molecular flexibility index (Phi) is 4.71. The molecule has 106 valence electrons. The van der Waals surface area contributed by atoms with E-state index in [1.165, 1.54) is 51.7 Å². The molecule has 2 heteroatoms. The average molecular weight is 252 g/mol. The first-order valence-electron chi connectivity index (χ1n) is 7.90.